The molecule has 0 fully saturated rings. The Bertz CT molecular complexity index is 603. The van der Waals surface area contributed by atoms with E-state index in [2.05, 4.69) is 0 Å². The molecule has 0 bridgehead atoms. The molecule has 3 heteroatoms. The van der Waals surface area contributed by atoms with Crippen LogP contribution in [0.2, 0.25) is 0 Å². The Morgan fingerprint density at radius 2 is 1.63 bits per heavy atom. The summed E-state index contributed by atoms with van der Waals surface area (Å²) in [5.74, 6) is 0.460. The Balaban J connectivity index is 2.60. The first-order valence-corrected chi connectivity index (χ1v) is 6.00. The second-order valence-corrected chi connectivity index (χ2v) is 4.17. The second-order valence-electron chi connectivity index (χ2n) is 4.17. The van der Waals surface area contributed by atoms with Gasteiger partial charge >= 0.3 is 5.97 Å². The second kappa shape index (κ2) is 5.57. The molecule has 2 aromatic rings. The fourth-order valence-corrected chi connectivity index (χ4v) is 2.13. The predicted octanol–water partition coefficient (Wildman–Crippen LogP) is 3.46. The van der Waals surface area contributed by atoms with E-state index < -0.39 is 0 Å². The van der Waals surface area contributed by atoms with Gasteiger partial charge in [-0.15, -0.1) is 0 Å². The highest BCUT2D eigenvalue weighted by Crippen LogP contribution is 2.33. The molecule has 0 amide bonds. The van der Waals surface area contributed by atoms with E-state index in [0.29, 0.717) is 5.56 Å². The van der Waals surface area contributed by atoms with Crippen LogP contribution >= 0.6 is 0 Å². The molecule has 2 aromatic carbocycles. The number of rotatable bonds is 3. The molecule has 0 heterocycles. The van der Waals surface area contributed by atoms with Gasteiger partial charge in [0.1, 0.15) is 5.75 Å². The van der Waals surface area contributed by atoms with Crippen molar-refractivity contribution in [2.24, 2.45) is 0 Å². The molecule has 0 saturated carbocycles. The van der Waals surface area contributed by atoms with Gasteiger partial charge in [-0.2, -0.15) is 0 Å². The monoisotopic (exact) mass is 256 g/mol. The highest BCUT2D eigenvalue weighted by Gasteiger charge is 2.14. The minimum Gasteiger partial charge on any atom is -0.496 e. The molecule has 0 aliphatic heterocycles. The number of hydrogen-bond acceptors (Lipinski definition) is 3. The van der Waals surface area contributed by atoms with Crippen LogP contribution in [0.3, 0.4) is 0 Å². The van der Waals surface area contributed by atoms with Crippen molar-refractivity contribution in [1.29, 1.82) is 0 Å². The zero-order valence-corrected chi connectivity index (χ0v) is 11.3. The smallest absolute Gasteiger partial charge is 0.338 e. The molecule has 0 aromatic heterocycles. The third kappa shape index (κ3) is 2.45. The van der Waals surface area contributed by atoms with Crippen LogP contribution in [0.1, 0.15) is 15.9 Å². The molecule has 0 spiro atoms. The summed E-state index contributed by atoms with van der Waals surface area (Å²) in [4.78, 5) is 11.7. The first-order chi connectivity index (χ1) is 9.19. The summed E-state index contributed by atoms with van der Waals surface area (Å²) in [7, 11) is 3.02. The molecule has 19 heavy (non-hydrogen) atoms. The summed E-state index contributed by atoms with van der Waals surface area (Å²) in [5, 5.41) is 0. The molecule has 0 N–H and O–H groups in total. The van der Waals surface area contributed by atoms with Crippen LogP contribution in [0.15, 0.2) is 42.5 Å². The van der Waals surface area contributed by atoms with Crippen molar-refractivity contribution in [3.63, 3.8) is 0 Å². The van der Waals surface area contributed by atoms with E-state index in [0.717, 1.165) is 22.4 Å². The quantitative estimate of drug-likeness (QED) is 0.789. The number of ether oxygens (including phenoxy) is 2. The number of para-hydroxylation sites is 1. The fraction of sp³-hybridized carbons (Fsp3) is 0.188. The summed E-state index contributed by atoms with van der Waals surface area (Å²) in [6, 6.07) is 13.3. The Morgan fingerprint density at radius 1 is 0.947 bits per heavy atom. The van der Waals surface area contributed by atoms with Gasteiger partial charge in [0, 0.05) is 5.56 Å². The van der Waals surface area contributed by atoms with Crippen LogP contribution in [-0.2, 0) is 4.74 Å². The highest BCUT2D eigenvalue weighted by molar-refractivity contribution is 5.93. The summed E-state index contributed by atoms with van der Waals surface area (Å²) in [5.41, 5.74) is 3.40. The van der Waals surface area contributed by atoms with Gasteiger partial charge in [-0.3, -0.25) is 0 Å². The lowest BCUT2D eigenvalue weighted by Gasteiger charge is -2.13. The third-order valence-electron chi connectivity index (χ3n) is 3.14. The summed E-state index contributed by atoms with van der Waals surface area (Å²) in [6.07, 6.45) is 0. The molecular formula is C16H16O3. The van der Waals surface area contributed by atoms with Crippen LogP contribution in [0.25, 0.3) is 11.1 Å². The lowest BCUT2D eigenvalue weighted by atomic mass is 9.96. The maximum atomic E-state index is 11.7. The summed E-state index contributed by atoms with van der Waals surface area (Å²) >= 11 is 0. The van der Waals surface area contributed by atoms with Crippen LogP contribution in [0.5, 0.6) is 5.75 Å². The average Bonchev–Trinajstić information content (AvgIpc) is 2.46. The number of hydrogen-bond donors (Lipinski definition) is 0. The maximum absolute atomic E-state index is 11.7. The number of esters is 1. The largest absolute Gasteiger partial charge is 0.496 e. The molecule has 98 valence electrons. The number of carbonyl (C=O) groups is 1. The number of methoxy groups -OCH3 is 2. The van der Waals surface area contributed by atoms with Crippen molar-refractivity contribution in [3.05, 3.63) is 53.6 Å². The maximum Gasteiger partial charge on any atom is 0.338 e. The van der Waals surface area contributed by atoms with Crippen molar-refractivity contribution in [2.45, 2.75) is 6.92 Å². The average molecular weight is 256 g/mol. The van der Waals surface area contributed by atoms with E-state index in [4.69, 9.17) is 9.47 Å². The zero-order chi connectivity index (χ0) is 13.8. The lowest BCUT2D eigenvalue weighted by molar-refractivity contribution is 0.0600. The topological polar surface area (TPSA) is 35.5 Å². The Labute approximate surface area is 112 Å². The molecule has 0 radical (unpaired) electrons. The van der Waals surface area contributed by atoms with Gasteiger partial charge in [-0.1, -0.05) is 30.3 Å². The van der Waals surface area contributed by atoms with Gasteiger partial charge in [0.25, 0.3) is 0 Å². The summed E-state index contributed by atoms with van der Waals surface area (Å²) < 4.78 is 10.2. The minimum absolute atomic E-state index is 0.325. The SMILES string of the molecule is COC(=O)c1cccc(-c2ccccc2OC)c1C. The van der Waals surface area contributed by atoms with Crippen molar-refractivity contribution in [3.8, 4) is 16.9 Å². The molecule has 0 saturated heterocycles. The van der Waals surface area contributed by atoms with Crippen molar-refractivity contribution >= 4 is 5.97 Å². The molecular weight excluding hydrogens is 240 g/mol. The van der Waals surface area contributed by atoms with Gasteiger partial charge in [-0.05, 0) is 30.2 Å². The molecule has 0 unspecified atom stereocenters. The summed E-state index contributed by atoms with van der Waals surface area (Å²) in [6.45, 7) is 1.91. The molecule has 0 atom stereocenters. The van der Waals surface area contributed by atoms with E-state index >= 15 is 0 Å². The Hall–Kier alpha value is -2.29. The molecule has 2 rings (SSSR count). The third-order valence-corrected chi connectivity index (χ3v) is 3.14. The van der Waals surface area contributed by atoms with Crippen molar-refractivity contribution < 1.29 is 14.3 Å². The van der Waals surface area contributed by atoms with Crippen molar-refractivity contribution in [2.75, 3.05) is 14.2 Å². The Kier molecular flexibility index (Phi) is 3.85. The Morgan fingerprint density at radius 3 is 2.32 bits per heavy atom. The van der Waals surface area contributed by atoms with E-state index in [1.807, 2.05) is 43.3 Å². The van der Waals surface area contributed by atoms with E-state index in [9.17, 15) is 4.79 Å². The number of benzene rings is 2. The van der Waals surface area contributed by atoms with Crippen LogP contribution in [0.4, 0.5) is 0 Å². The van der Waals surface area contributed by atoms with Gasteiger partial charge in [0.15, 0.2) is 0 Å². The lowest BCUT2D eigenvalue weighted by Crippen LogP contribution is -2.04. The van der Waals surface area contributed by atoms with E-state index in [1.54, 1.807) is 13.2 Å². The van der Waals surface area contributed by atoms with Crippen LogP contribution < -0.4 is 4.74 Å². The van der Waals surface area contributed by atoms with Crippen LogP contribution in [-0.4, -0.2) is 20.2 Å². The van der Waals surface area contributed by atoms with Gasteiger partial charge < -0.3 is 9.47 Å². The van der Waals surface area contributed by atoms with Crippen LogP contribution in [0, 0.1) is 6.92 Å². The first kappa shape index (κ1) is 13.1. The van der Waals surface area contributed by atoms with Crippen molar-refractivity contribution in [1.82, 2.24) is 0 Å². The van der Waals surface area contributed by atoms with Gasteiger partial charge in [0.2, 0.25) is 0 Å². The minimum atomic E-state index is -0.325. The van der Waals surface area contributed by atoms with Gasteiger partial charge in [-0.25, -0.2) is 4.79 Å². The highest BCUT2D eigenvalue weighted by atomic mass is 16.5. The molecule has 0 aliphatic carbocycles. The molecule has 0 aliphatic rings. The standard InChI is InChI=1S/C16H16O3/c1-11-12(8-6-9-13(11)16(17)19-3)14-7-4-5-10-15(14)18-2/h4-10H,1-3H3. The molecule has 3 nitrogen and oxygen atoms in total. The van der Waals surface area contributed by atoms with E-state index in [1.165, 1.54) is 7.11 Å². The predicted molar refractivity (Wildman–Crippen MR) is 74.5 cm³/mol. The van der Waals surface area contributed by atoms with Gasteiger partial charge in [0.05, 0.1) is 19.8 Å². The number of carbonyl (C=O) groups excluding carboxylic acids is 1. The van der Waals surface area contributed by atoms with E-state index in [-0.39, 0.29) is 5.97 Å². The fourth-order valence-electron chi connectivity index (χ4n) is 2.13. The normalized spacial score (nSPS) is 10.1. The first-order valence-electron chi connectivity index (χ1n) is 6.00. The zero-order valence-electron chi connectivity index (χ0n) is 11.3.